The molecule has 1 aliphatic heterocycles. The van der Waals surface area contributed by atoms with Crippen molar-refractivity contribution in [3.63, 3.8) is 0 Å². The molecule has 2 aromatic heterocycles. The molecular weight excluding hydrogens is 314 g/mol. The third-order valence-electron chi connectivity index (χ3n) is 4.78. The summed E-state index contributed by atoms with van der Waals surface area (Å²) in [5.41, 5.74) is 2.56. The molecule has 5 nitrogen and oxygen atoms in total. The Morgan fingerprint density at radius 1 is 1.16 bits per heavy atom. The monoisotopic (exact) mass is 333 g/mol. The van der Waals surface area contributed by atoms with Gasteiger partial charge in [-0.15, -0.1) is 0 Å². The van der Waals surface area contributed by atoms with Crippen LogP contribution < -0.4 is 0 Å². The van der Waals surface area contributed by atoms with Gasteiger partial charge in [0.2, 0.25) is 0 Å². The van der Waals surface area contributed by atoms with Gasteiger partial charge in [-0.05, 0) is 36.2 Å². The maximum atomic E-state index is 12.8. The van der Waals surface area contributed by atoms with E-state index in [-0.39, 0.29) is 11.8 Å². The smallest absolute Gasteiger partial charge is 0.255 e. The highest BCUT2D eigenvalue weighted by Gasteiger charge is 2.34. The summed E-state index contributed by atoms with van der Waals surface area (Å²) in [6, 6.07) is 13.5. The van der Waals surface area contributed by atoms with Crippen molar-refractivity contribution in [3.05, 3.63) is 72.2 Å². The van der Waals surface area contributed by atoms with Crippen LogP contribution >= 0.6 is 0 Å². The van der Waals surface area contributed by atoms with Gasteiger partial charge in [0, 0.05) is 43.0 Å². The summed E-state index contributed by atoms with van der Waals surface area (Å²) in [7, 11) is 0. The molecule has 0 spiro atoms. The zero-order valence-corrected chi connectivity index (χ0v) is 13.7. The van der Waals surface area contributed by atoms with E-state index >= 15 is 0 Å². The number of aliphatic hydroxyl groups is 1. The lowest BCUT2D eigenvalue weighted by Crippen LogP contribution is -2.29. The minimum absolute atomic E-state index is 0.0414. The molecule has 5 heteroatoms. The number of amides is 1. The van der Waals surface area contributed by atoms with E-state index in [0.29, 0.717) is 18.7 Å². The molecule has 2 atom stereocenters. The third-order valence-corrected chi connectivity index (χ3v) is 4.78. The minimum atomic E-state index is -0.509. The Morgan fingerprint density at radius 2 is 1.96 bits per heavy atom. The standard InChI is InChI=1S/C20H19N3O2/c24-19-13-23(12-17(19)9-14-5-7-21-8-6-14)20(25)16-10-15-3-1-2-4-18(15)22-11-16/h1-8,10-11,17,19,24H,9,12-13H2/t17-,19-/m1/s1. The van der Waals surface area contributed by atoms with Crippen LogP contribution in [0.3, 0.4) is 0 Å². The second-order valence-electron chi connectivity index (χ2n) is 6.51. The van der Waals surface area contributed by atoms with Gasteiger partial charge in [0.15, 0.2) is 0 Å². The van der Waals surface area contributed by atoms with Gasteiger partial charge < -0.3 is 10.0 Å². The molecule has 0 aliphatic carbocycles. The molecule has 1 aromatic carbocycles. The Morgan fingerprint density at radius 3 is 2.80 bits per heavy atom. The predicted molar refractivity (Wildman–Crippen MR) is 95.1 cm³/mol. The van der Waals surface area contributed by atoms with Crippen molar-refractivity contribution >= 4 is 16.8 Å². The molecule has 4 rings (SSSR count). The van der Waals surface area contributed by atoms with Crippen molar-refractivity contribution in [2.24, 2.45) is 5.92 Å². The van der Waals surface area contributed by atoms with Crippen molar-refractivity contribution in [2.45, 2.75) is 12.5 Å². The summed E-state index contributed by atoms with van der Waals surface area (Å²) in [4.78, 5) is 22.9. The highest BCUT2D eigenvalue weighted by atomic mass is 16.3. The maximum absolute atomic E-state index is 12.8. The lowest BCUT2D eigenvalue weighted by Gasteiger charge is -2.16. The normalized spacial score (nSPS) is 20.1. The highest BCUT2D eigenvalue weighted by Crippen LogP contribution is 2.23. The Labute approximate surface area is 146 Å². The van der Waals surface area contributed by atoms with E-state index in [1.165, 1.54) is 0 Å². The molecule has 1 amide bonds. The van der Waals surface area contributed by atoms with Crippen LogP contribution in [0.5, 0.6) is 0 Å². The van der Waals surface area contributed by atoms with Gasteiger partial charge in [-0.2, -0.15) is 0 Å². The molecule has 1 aliphatic rings. The first-order valence-electron chi connectivity index (χ1n) is 8.42. The van der Waals surface area contributed by atoms with Crippen molar-refractivity contribution in [1.29, 1.82) is 0 Å². The number of carbonyl (C=O) groups excluding carboxylic acids is 1. The van der Waals surface area contributed by atoms with Crippen LogP contribution in [0.4, 0.5) is 0 Å². The van der Waals surface area contributed by atoms with Crippen LogP contribution in [-0.2, 0) is 6.42 Å². The van der Waals surface area contributed by atoms with Crippen LogP contribution in [0, 0.1) is 5.92 Å². The molecule has 0 radical (unpaired) electrons. The van der Waals surface area contributed by atoms with Gasteiger partial charge in [-0.1, -0.05) is 18.2 Å². The molecule has 1 fully saturated rings. The minimum Gasteiger partial charge on any atom is -0.391 e. The number of benzene rings is 1. The fraction of sp³-hybridized carbons (Fsp3) is 0.250. The summed E-state index contributed by atoms with van der Waals surface area (Å²) in [5.74, 6) is -0.0331. The molecule has 3 heterocycles. The van der Waals surface area contributed by atoms with Crippen LogP contribution in [0.25, 0.3) is 10.9 Å². The molecule has 1 saturated heterocycles. The number of likely N-dealkylation sites (tertiary alicyclic amines) is 1. The van der Waals surface area contributed by atoms with Crippen LogP contribution in [0.15, 0.2) is 61.1 Å². The lowest BCUT2D eigenvalue weighted by atomic mass is 9.97. The van der Waals surface area contributed by atoms with Gasteiger partial charge in [-0.25, -0.2) is 0 Å². The zero-order valence-electron chi connectivity index (χ0n) is 13.7. The number of fused-ring (bicyclic) bond motifs is 1. The highest BCUT2D eigenvalue weighted by molar-refractivity contribution is 5.97. The predicted octanol–water partition coefficient (Wildman–Crippen LogP) is 2.31. The zero-order chi connectivity index (χ0) is 17.2. The number of para-hydroxylation sites is 1. The molecule has 0 unspecified atom stereocenters. The lowest BCUT2D eigenvalue weighted by molar-refractivity contribution is 0.0764. The van der Waals surface area contributed by atoms with E-state index in [1.54, 1.807) is 23.5 Å². The number of carbonyl (C=O) groups is 1. The van der Waals surface area contributed by atoms with Gasteiger partial charge in [0.1, 0.15) is 0 Å². The van der Waals surface area contributed by atoms with Gasteiger partial charge in [0.25, 0.3) is 5.91 Å². The fourth-order valence-electron chi connectivity index (χ4n) is 3.41. The Kier molecular flexibility index (Phi) is 4.15. The summed E-state index contributed by atoms with van der Waals surface area (Å²) >= 11 is 0. The summed E-state index contributed by atoms with van der Waals surface area (Å²) in [6.45, 7) is 0.913. The second kappa shape index (κ2) is 6.61. The molecule has 3 aromatic rings. The van der Waals surface area contributed by atoms with Gasteiger partial charge >= 0.3 is 0 Å². The van der Waals surface area contributed by atoms with E-state index in [0.717, 1.165) is 22.9 Å². The number of aliphatic hydroxyl groups excluding tert-OH is 1. The third kappa shape index (κ3) is 3.23. The fourth-order valence-corrected chi connectivity index (χ4v) is 3.41. The van der Waals surface area contributed by atoms with E-state index in [4.69, 9.17) is 0 Å². The van der Waals surface area contributed by atoms with E-state index < -0.39 is 6.10 Å². The van der Waals surface area contributed by atoms with Crippen LogP contribution in [0.2, 0.25) is 0 Å². The quantitative estimate of drug-likeness (QED) is 0.799. The number of β-amino-alcohol motifs (C(OH)–C–C–N with tert-alkyl or cyclic N) is 1. The number of hydrogen-bond donors (Lipinski definition) is 1. The summed E-state index contributed by atoms with van der Waals surface area (Å²) in [6.07, 6.45) is 5.35. The number of hydrogen-bond acceptors (Lipinski definition) is 4. The number of aromatic nitrogens is 2. The summed E-state index contributed by atoms with van der Waals surface area (Å²) in [5, 5.41) is 11.3. The summed E-state index contributed by atoms with van der Waals surface area (Å²) < 4.78 is 0. The first kappa shape index (κ1) is 15.7. The van der Waals surface area contributed by atoms with E-state index in [1.807, 2.05) is 42.5 Å². The van der Waals surface area contributed by atoms with E-state index in [9.17, 15) is 9.90 Å². The van der Waals surface area contributed by atoms with Crippen LogP contribution in [0.1, 0.15) is 15.9 Å². The Bertz CT molecular complexity index is 898. The SMILES string of the molecule is O=C(c1cnc2ccccc2c1)N1C[C@@H](Cc2ccncc2)[C@H](O)C1. The van der Waals surface area contributed by atoms with Crippen LogP contribution in [-0.4, -0.2) is 45.1 Å². The van der Waals surface area contributed by atoms with Crippen molar-refractivity contribution in [2.75, 3.05) is 13.1 Å². The Balaban J connectivity index is 1.50. The molecule has 25 heavy (non-hydrogen) atoms. The topological polar surface area (TPSA) is 66.3 Å². The molecule has 1 N–H and O–H groups in total. The molecule has 0 saturated carbocycles. The molecule has 126 valence electrons. The van der Waals surface area contributed by atoms with Gasteiger partial charge in [0.05, 0.1) is 17.2 Å². The molecular formula is C20H19N3O2. The number of nitrogens with zero attached hydrogens (tertiary/aromatic N) is 3. The first-order chi connectivity index (χ1) is 12.2. The Hall–Kier alpha value is -2.79. The van der Waals surface area contributed by atoms with Crippen molar-refractivity contribution < 1.29 is 9.90 Å². The second-order valence-corrected chi connectivity index (χ2v) is 6.51. The molecule has 0 bridgehead atoms. The maximum Gasteiger partial charge on any atom is 0.255 e. The average molecular weight is 333 g/mol. The largest absolute Gasteiger partial charge is 0.391 e. The number of pyridine rings is 2. The average Bonchev–Trinajstić information content (AvgIpc) is 3.02. The first-order valence-corrected chi connectivity index (χ1v) is 8.42. The van der Waals surface area contributed by atoms with Crippen molar-refractivity contribution in [3.8, 4) is 0 Å². The van der Waals surface area contributed by atoms with Gasteiger partial charge in [-0.3, -0.25) is 14.8 Å². The van der Waals surface area contributed by atoms with E-state index in [2.05, 4.69) is 9.97 Å². The number of rotatable bonds is 3. The van der Waals surface area contributed by atoms with Crippen molar-refractivity contribution in [1.82, 2.24) is 14.9 Å².